The molecule has 4 heteroatoms. The molecule has 0 aliphatic rings. The average molecular weight is 250 g/mol. The van der Waals surface area contributed by atoms with Gasteiger partial charge in [-0.15, -0.1) is 0 Å². The molecule has 1 atom stereocenters. The number of nitrogens with one attached hydrogen (secondary N) is 1. The molecule has 0 fully saturated rings. The Morgan fingerprint density at radius 1 is 1.39 bits per heavy atom. The van der Waals surface area contributed by atoms with Gasteiger partial charge in [-0.1, -0.05) is 6.07 Å². The van der Waals surface area contributed by atoms with Crippen molar-refractivity contribution in [2.75, 3.05) is 19.0 Å². The van der Waals surface area contributed by atoms with Crippen LogP contribution in [0, 0.1) is 0 Å². The number of aliphatic hydroxyl groups is 1. The minimum atomic E-state index is -0.648. The third kappa shape index (κ3) is 3.47. The number of anilines is 1. The number of rotatable bonds is 4. The third-order valence-electron chi connectivity index (χ3n) is 3.10. The number of carbonyl (C=O) groups is 1. The van der Waals surface area contributed by atoms with E-state index in [9.17, 15) is 9.90 Å². The summed E-state index contributed by atoms with van der Waals surface area (Å²) in [6, 6.07) is 7.38. The first-order valence-electron chi connectivity index (χ1n) is 6.02. The van der Waals surface area contributed by atoms with Gasteiger partial charge in [0.2, 0.25) is 0 Å². The molecule has 0 aromatic heterocycles. The van der Waals surface area contributed by atoms with E-state index in [1.807, 2.05) is 37.2 Å². The quantitative estimate of drug-likeness (QED) is 0.854. The molecule has 0 heterocycles. The average Bonchev–Trinajstić information content (AvgIpc) is 2.28. The zero-order chi connectivity index (χ0) is 13.9. The largest absolute Gasteiger partial charge is 0.391 e. The molecule has 18 heavy (non-hydrogen) atoms. The maximum Gasteiger partial charge on any atom is 0.251 e. The van der Waals surface area contributed by atoms with Crippen LogP contribution in [0.25, 0.3) is 0 Å². The van der Waals surface area contributed by atoms with Gasteiger partial charge in [0.25, 0.3) is 5.91 Å². The van der Waals surface area contributed by atoms with Crippen molar-refractivity contribution in [1.82, 2.24) is 5.32 Å². The molecule has 0 radical (unpaired) electrons. The highest BCUT2D eigenvalue weighted by Crippen LogP contribution is 2.15. The van der Waals surface area contributed by atoms with Gasteiger partial charge < -0.3 is 15.3 Å². The summed E-state index contributed by atoms with van der Waals surface area (Å²) in [4.78, 5) is 14.0. The Kier molecular flexibility index (Phi) is 4.35. The van der Waals surface area contributed by atoms with Crippen LogP contribution in [-0.4, -0.2) is 36.8 Å². The highest BCUT2D eigenvalue weighted by atomic mass is 16.3. The molecule has 0 bridgehead atoms. The zero-order valence-electron chi connectivity index (χ0n) is 11.7. The third-order valence-corrected chi connectivity index (χ3v) is 3.10. The van der Waals surface area contributed by atoms with E-state index >= 15 is 0 Å². The second-order valence-corrected chi connectivity index (χ2v) is 5.30. The predicted molar refractivity (Wildman–Crippen MR) is 74.0 cm³/mol. The first-order chi connectivity index (χ1) is 8.24. The lowest BCUT2D eigenvalue weighted by Gasteiger charge is -2.29. The Labute approximate surface area is 109 Å². The van der Waals surface area contributed by atoms with Crippen LogP contribution >= 0.6 is 0 Å². The molecule has 4 nitrogen and oxygen atoms in total. The molecule has 0 aliphatic heterocycles. The maximum absolute atomic E-state index is 12.1. The first-order valence-corrected chi connectivity index (χ1v) is 6.02. The lowest BCUT2D eigenvalue weighted by molar-refractivity contribution is 0.0709. The van der Waals surface area contributed by atoms with Gasteiger partial charge in [0, 0.05) is 25.3 Å². The highest BCUT2D eigenvalue weighted by Gasteiger charge is 2.26. The van der Waals surface area contributed by atoms with Crippen LogP contribution in [0.15, 0.2) is 24.3 Å². The monoisotopic (exact) mass is 250 g/mol. The SMILES string of the molecule is CC(O)C(C)(C)NC(=O)c1cccc(N(C)C)c1. The van der Waals surface area contributed by atoms with E-state index in [0.717, 1.165) is 5.69 Å². The van der Waals surface area contributed by atoms with Crippen molar-refractivity contribution in [3.63, 3.8) is 0 Å². The summed E-state index contributed by atoms with van der Waals surface area (Å²) in [6.45, 7) is 5.26. The summed E-state index contributed by atoms with van der Waals surface area (Å²) >= 11 is 0. The minimum Gasteiger partial charge on any atom is -0.391 e. The molecule has 1 unspecified atom stereocenters. The second kappa shape index (κ2) is 5.40. The molecule has 2 N–H and O–H groups in total. The molecule has 0 spiro atoms. The molecular formula is C14H22N2O2. The van der Waals surface area contributed by atoms with Crippen LogP contribution in [0.4, 0.5) is 5.69 Å². The number of hydrogen-bond donors (Lipinski definition) is 2. The molecule has 1 aromatic rings. The highest BCUT2D eigenvalue weighted by molar-refractivity contribution is 5.95. The van der Waals surface area contributed by atoms with E-state index in [-0.39, 0.29) is 5.91 Å². The number of carbonyl (C=O) groups excluding carboxylic acids is 1. The molecule has 1 amide bonds. The molecule has 100 valence electrons. The van der Waals surface area contributed by atoms with Gasteiger partial charge >= 0.3 is 0 Å². The van der Waals surface area contributed by atoms with Crippen molar-refractivity contribution in [3.8, 4) is 0 Å². The predicted octanol–water partition coefficient (Wildman–Crippen LogP) is 1.64. The summed E-state index contributed by atoms with van der Waals surface area (Å²) in [5.74, 6) is -0.176. The van der Waals surface area contributed by atoms with Gasteiger partial charge in [0.1, 0.15) is 0 Å². The molecule has 0 aliphatic carbocycles. The van der Waals surface area contributed by atoms with Gasteiger partial charge in [-0.05, 0) is 39.0 Å². The smallest absolute Gasteiger partial charge is 0.251 e. The Balaban J connectivity index is 2.88. The molecule has 0 saturated heterocycles. The number of benzene rings is 1. The van der Waals surface area contributed by atoms with Gasteiger partial charge in [-0.25, -0.2) is 0 Å². The topological polar surface area (TPSA) is 52.6 Å². The lowest BCUT2D eigenvalue weighted by Crippen LogP contribution is -2.50. The first kappa shape index (κ1) is 14.5. The molecule has 0 saturated carbocycles. The van der Waals surface area contributed by atoms with E-state index < -0.39 is 11.6 Å². The van der Waals surface area contributed by atoms with Crippen molar-refractivity contribution < 1.29 is 9.90 Å². The second-order valence-electron chi connectivity index (χ2n) is 5.30. The van der Waals surface area contributed by atoms with Crippen LogP contribution in [0.1, 0.15) is 31.1 Å². The fourth-order valence-corrected chi connectivity index (χ4v) is 1.39. The van der Waals surface area contributed by atoms with Crippen LogP contribution in [0.2, 0.25) is 0 Å². The standard InChI is InChI=1S/C14H22N2O2/c1-10(17)14(2,3)15-13(18)11-7-6-8-12(9-11)16(4)5/h6-10,17H,1-5H3,(H,15,18). The maximum atomic E-state index is 12.1. The summed E-state index contributed by atoms with van der Waals surface area (Å²) < 4.78 is 0. The van der Waals surface area contributed by atoms with Gasteiger partial charge in [-0.2, -0.15) is 0 Å². The molecule has 1 rings (SSSR count). The molecule has 1 aromatic carbocycles. The summed E-state index contributed by atoms with van der Waals surface area (Å²) in [7, 11) is 3.85. The Morgan fingerprint density at radius 2 is 2.00 bits per heavy atom. The minimum absolute atomic E-state index is 0.176. The number of nitrogens with zero attached hydrogens (tertiary/aromatic N) is 1. The Hall–Kier alpha value is -1.55. The number of hydrogen-bond acceptors (Lipinski definition) is 3. The number of amides is 1. The van der Waals surface area contributed by atoms with Crippen molar-refractivity contribution in [1.29, 1.82) is 0 Å². The fraction of sp³-hybridized carbons (Fsp3) is 0.500. The van der Waals surface area contributed by atoms with E-state index in [1.54, 1.807) is 26.8 Å². The van der Waals surface area contributed by atoms with Crippen LogP contribution < -0.4 is 10.2 Å². The van der Waals surface area contributed by atoms with E-state index in [2.05, 4.69) is 5.32 Å². The normalized spacial score (nSPS) is 13.0. The zero-order valence-corrected chi connectivity index (χ0v) is 11.7. The van der Waals surface area contributed by atoms with E-state index in [4.69, 9.17) is 0 Å². The van der Waals surface area contributed by atoms with Crippen molar-refractivity contribution >= 4 is 11.6 Å². The fourth-order valence-electron chi connectivity index (χ4n) is 1.39. The summed E-state index contributed by atoms with van der Waals surface area (Å²) in [6.07, 6.45) is -0.613. The van der Waals surface area contributed by atoms with Gasteiger partial charge in [0.05, 0.1) is 11.6 Å². The summed E-state index contributed by atoms with van der Waals surface area (Å²) in [5, 5.41) is 12.4. The lowest BCUT2D eigenvalue weighted by atomic mass is 9.98. The Morgan fingerprint density at radius 3 is 2.50 bits per heavy atom. The van der Waals surface area contributed by atoms with Crippen LogP contribution in [0.5, 0.6) is 0 Å². The van der Waals surface area contributed by atoms with Crippen molar-refractivity contribution in [2.45, 2.75) is 32.4 Å². The number of aliphatic hydroxyl groups excluding tert-OH is 1. The van der Waals surface area contributed by atoms with Crippen LogP contribution in [-0.2, 0) is 0 Å². The van der Waals surface area contributed by atoms with Gasteiger partial charge in [0.15, 0.2) is 0 Å². The van der Waals surface area contributed by atoms with E-state index in [1.165, 1.54) is 0 Å². The van der Waals surface area contributed by atoms with Crippen molar-refractivity contribution in [2.24, 2.45) is 0 Å². The van der Waals surface area contributed by atoms with Crippen LogP contribution in [0.3, 0.4) is 0 Å². The van der Waals surface area contributed by atoms with Crippen molar-refractivity contribution in [3.05, 3.63) is 29.8 Å². The summed E-state index contributed by atoms with van der Waals surface area (Å²) in [5.41, 5.74) is 0.915. The van der Waals surface area contributed by atoms with Gasteiger partial charge in [-0.3, -0.25) is 4.79 Å². The Bertz CT molecular complexity index is 426. The van der Waals surface area contributed by atoms with E-state index in [0.29, 0.717) is 5.56 Å². The molecular weight excluding hydrogens is 228 g/mol.